The van der Waals surface area contributed by atoms with Crippen molar-refractivity contribution >= 4 is 35.0 Å². The third kappa shape index (κ3) is 3.54. The predicted octanol–water partition coefficient (Wildman–Crippen LogP) is 4.46. The van der Waals surface area contributed by atoms with Crippen LogP contribution in [0.4, 0.5) is 10.5 Å². The second-order valence-electron chi connectivity index (χ2n) is 5.43. The Morgan fingerprint density at radius 1 is 0.957 bits per heavy atom. The molecule has 120 valence electrons. The first-order valence-corrected chi connectivity index (χ1v) is 8.08. The molecule has 1 aliphatic heterocycles. The highest BCUT2D eigenvalue weighted by Gasteiger charge is 2.20. The minimum atomic E-state index is -0.850. The third-order valence-electron chi connectivity index (χ3n) is 4.02. The van der Waals surface area contributed by atoms with Gasteiger partial charge < -0.3 is 14.9 Å². The number of carbonyl (C=O) groups is 1. The highest BCUT2D eigenvalue weighted by atomic mass is 35.5. The molecule has 0 atom stereocenters. The van der Waals surface area contributed by atoms with Crippen LogP contribution in [0.1, 0.15) is 0 Å². The Kier molecular flexibility index (Phi) is 4.64. The van der Waals surface area contributed by atoms with E-state index >= 15 is 0 Å². The van der Waals surface area contributed by atoms with Crippen molar-refractivity contribution in [1.82, 2.24) is 4.90 Å². The lowest BCUT2D eigenvalue weighted by Crippen LogP contribution is -2.48. The van der Waals surface area contributed by atoms with Gasteiger partial charge in [0, 0.05) is 47.5 Å². The molecule has 0 spiro atoms. The average molecular weight is 351 g/mol. The van der Waals surface area contributed by atoms with Gasteiger partial charge >= 0.3 is 6.09 Å². The molecule has 0 unspecified atom stereocenters. The van der Waals surface area contributed by atoms with Crippen LogP contribution in [0.5, 0.6) is 0 Å². The van der Waals surface area contributed by atoms with Crippen molar-refractivity contribution in [3.05, 3.63) is 52.5 Å². The summed E-state index contributed by atoms with van der Waals surface area (Å²) in [7, 11) is 0. The summed E-state index contributed by atoms with van der Waals surface area (Å²) in [4.78, 5) is 14.6. The van der Waals surface area contributed by atoms with Crippen LogP contribution in [0.3, 0.4) is 0 Å². The van der Waals surface area contributed by atoms with Gasteiger partial charge in [-0.2, -0.15) is 0 Å². The summed E-state index contributed by atoms with van der Waals surface area (Å²) in [5.41, 5.74) is 3.06. The summed E-state index contributed by atoms with van der Waals surface area (Å²) >= 11 is 12.2. The van der Waals surface area contributed by atoms with Crippen LogP contribution in [0.2, 0.25) is 10.0 Å². The second-order valence-corrected chi connectivity index (χ2v) is 6.27. The average Bonchev–Trinajstić information content (AvgIpc) is 2.55. The van der Waals surface area contributed by atoms with Crippen molar-refractivity contribution in [3.63, 3.8) is 0 Å². The van der Waals surface area contributed by atoms with Crippen LogP contribution in [-0.2, 0) is 0 Å². The maximum Gasteiger partial charge on any atom is 0.407 e. The van der Waals surface area contributed by atoms with Crippen molar-refractivity contribution < 1.29 is 9.90 Å². The van der Waals surface area contributed by atoms with Crippen LogP contribution in [0.25, 0.3) is 11.1 Å². The van der Waals surface area contributed by atoms with E-state index in [4.69, 9.17) is 28.3 Å². The zero-order valence-electron chi connectivity index (χ0n) is 12.4. The molecule has 0 radical (unpaired) electrons. The Hall–Kier alpha value is -1.91. The minimum absolute atomic E-state index is 0.528. The Labute approximate surface area is 144 Å². The van der Waals surface area contributed by atoms with Crippen molar-refractivity contribution in [2.45, 2.75) is 0 Å². The minimum Gasteiger partial charge on any atom is -0.465 e. The molecular formula is C17H16Cl2N2O2. The molecule has 2 aromatic carbocycles. The monoisotopic (exact) mass is 350 g/mol. The van der Waals surface area contributed by atoms with E-state index in [9.17, 15) is 4.79 Å². The molecule has 1 N–H and O–H groups in total. The number of hydrogen-bond donors (Lipinski definition) is 1. The van der Waals surface area contributed by atoms with Gasteiger partial charge in [-0.3, -0.25) is 0 Å². The maximum absolute atomic E-state index is 10.9. The summed E-state index contributed by atoms with van der Waals surface area (Å²) in [6.45, 7) is 2.46. The predicted molar refractivity (Wildman–Crippen MR) is 93.7 cm³/mol. The van der Waals surface area contributed by atoms with Crippen molar-refractivity contribution in [1.29, 1.82) is 0 Å². The number of rotatable bonds is 2. The fourth-order valence-electron chi connectivity index (χ4n) is 2.73. The molecule has 1 heterocycles. The van der Waals surface area contributed by atoms with Crippen LogP contribution >= 0.6 is 23.2 Å². The van der Waals surface area contributed by atoms with Crippen molar-refractivity contribution in [2.24, 2.45) is 0 Å². The third-order valence-corrected chi connectivity index (χ3v) is 4.57. The van der Waals surface area contributed by atoms with Crippen LogP contribution in [0.15, 0.2) is 42.5 Å². The summed E-state index contributed by atoms with van der Waals surface area (Å²) in [5, 5.41) is 10.2. The van der Waals surface area contributed by atoms with Gasteiger partial charge in [-0.15, -0.1) is 0 Å². The highest BCUT2D eigenvalue weighted by Crippen LogP contribution is 2.31. The summed E-state index contributed by atoms with van der Waals surface area (Å²) in [6.07, 6.45) is -0.850. The van der Waals surface area contributed by atoms with E-state index in [0.29, 0.717) is 36.2 Å². The number of nitrogens with zero attached hydrogens (tertiary/aromatic N) is 2. The smallest absolute Gasteiger partial charge is 0.407 e. The van der Waals surface area contributed by atoms with Gasteiger partial charge in [-0.1, -0.05) is 41.4 Å². The number of carboxylic acid groups (broad SMARTS) is 1. The molecule has 6 heteroatoms. The lowest BCUT2D eigenvalue weighted by atomic mass is 10.0. The van der Waals surface area contributed by atoms with E-state index in [1.165, 1.54) is 4.90 Å². The molecular weight excluding hydrogens is 335 g/mol. The molecule has 23 heavy (non-hydrogen) atoms. The molecule has 0 aliphatic carbocycles. The first-order chi connectivity index (χ1) is 11.0. The van der Waals surface area contributed by atoms with E-state index in [0.717, 1.165) is 16.8 Å². The molecule has 1 fully saturated rings. The van der Waals surface area contributed by atoms with Gasteiger partial charge in [-0.05, 0) is 29.8 Å². The summed E-state index contributed by atoms with van der Waals surface area (Å²) in [5.74, 6) is 0. The zero-order valence-corrected chi connectivity index (χ0v) is 13.9. The molecule has 0 saturated carbocycles. The first kappa shape index (κ1) is 16.0. The Morgan fingerprint density at radius 2 is 1.61 bits per heavy atom. The van der Waals surface area contributed by atoms with Gasteiger partial charge in [0.1, 0.15) is 0 Å². The second kappa shape index (κ2) is 6.69. The Balaban J connectivity index is 1.74. The van der Waals surface area contributed by atoms with E-state index in [1.807, 2.05) is 36.4 Å². The number of piperazine rings is 1. The van der Waals surface area contributed by atoms with E-state index in [-0.39, 0.29) is 0 Å². The standard InChI is InChI=1S/C17H16Cl2N2O2/c18-13-3-6-15(16(19)11-13)12-1-4-14(5-2-12)20-7-9-21(10-8-20)17(22)23/h1-6,11H,7-10H2,(H,22,23). The van der Waals surface area contributed by atoms with E-state index in [1.54, 1.807) is 6.07 Å². The highest BCUT2D eigenvalue weighted by molar-refractivity contribution is 6.36. The summed E-state index contributed by atoms with van der Waals surface area (Å²) < 4.78 is 0. The fraction of sp³-hybridized carbons (Fsp3) is 0.235. The first-order valence-electron chi connectivity index (χ1n) is 7.33. The van der Waals surface area contributed by atoms with E-state index in [2.05, 4.69) is 4.90 Å². The molecule has 0 bridgehead atoms. The van der Waals surface area contributed by atoms with Crippen molar-refractivity contribution in [3.8, 4) is 11.1 Å². The normalized spacial score (nSPS) is 14.9. The molecule has 1 aliphatic rings. The Bertz CT molecular complexity index is 711. The largest absolute Gasteiger partial charge is 0.465 e. The number of anilines is 1. The van der Waals surface area contributed by atoms with Crippen LogP contribution in [-0.4, -0.2) is 42.3 Å². The number of hydrogen-bond acceptors (Lipinski definition) is 2. The van der Waals surface area contributed by atoms with E-state index < -0.39 is 6.09 Å². The molecule has 2 aromatic rings. The van der Waals surface area contributed by atoms with Crippen LogP contribution in [0, 0.1) is 0 Å². The van der Waals surface area contributed by atoms with Gasteiger partial charge in [0.15, 0.2) is 0 Å². The lowest BCUT2D eigenvalue weighted by Gasteiger charge is -2.34. The van der Waals surface area contributed by atoms with Crippen LogP contribution < -0.4 is 4.90 Å². The topological polar surface area (TPSA) is 43.8 Å². The van der Waals surface area contributed by atoms with Crippen molar-refractivity contribution in [2.75, 3.05) is 31.1 Å². The molecule has 1 saturated heterocycles. The molecule has 1 amide bonds. The molecule has 0 aromatic heterocycles. The maximum atomic E-state index is 10.9. The number of amides is 1. The zero-order chi connectivity index (χ0) is 16.4. The van der Waals surface area contributed by atoms with Gasteiger partial charge in [-0.25, -0.2) is 4.79 Å². The van der Waals surface area contributed by atoms with Gasteiger partial charge in [0.25, 0.3) is 0 Å². The van der Waals surface area contributed by atoms with Gasteiger partial charge in [0.05, 0.1) is 0 Å². The molecule has 3 rings (SSSR count). The summed E-state index contributed by atoms with van der Waals surface area (Å²) in [6, 6.07) is 13.6. The number of halogens is 2. The fourth-order valence-corrected chi connectivity index (χ4v) is 3.25. The Morgan fingerprint density at radius 3 is 2.17 bits per heavy atom. The molecule has 4 nitrogen and oxygen atoms in total. The van der Waals surface area contributed by atoms with Gasteiger partial charge in [0.2, 0.25) is 0 Å². The quantitative estimate of drug-likeness (QED) is 0.869. The lowest BCUT2D eigenvalue weighted by molar-refractivity contribution is 0.142. The number of benzene rings is 2. The SMILES string of the molecule is O=C(O)N1CCN(c2ccc(-c3ccc(Cl)cc3Cl)cc2)CC1.